The van der Waals surface area contributed by atoms with Crippen molar-refractivity contribution in [1.29, 1.82) is 0 Å². The highest BCUT2D eigenvalue weighted by Gasteiger charge is 2.19. The van der Waals surface area contributed by atoms with Crippen LogP contribution in [0.4, 0.5) is 5.82 Å². The molecule has 1 aromatic carbocycles. The predicted octanol–water partition coefficient (Wildman–Crippen LogP) is 3.88. The van der Waals surface area contributed by atoms with Crippen LogP contribution in [0.25, 0.3) is 21.5 Å². The fraction of sp³-hybridized carbons (Fsp3) is 0.318. The molecule has 3 heterocycles. The predicted molar refractivity (Wildman–Crippen MR) is 122 cm³/mol. The smallest absolute Gasteiger partial charge is 0.132 e. The number of likely N-dealkylation sites (N-methyl/N-ethyl adjacent to an activating group) is 1. The number of nitrogens with zero attached hydrogens (tertiary/aromatic N) is 5. The van der Waals surface area contributed by atoms with Gasteiger partial charge in [-0.05, 0) is 45.0 Å². The Labute approximate surface area is 174 Å². The number of anilines is 1. The van der Waals surface area contributed by atoms with E-state index >= 15 is 0 Å². The van der Waals surface area contributed by atoms with E-state index in [0.717, 1.165) is 52.9 Å². The zero-order chi connectivity index (χ0) is 20.4. The van der Waals surface area contributed by atoms with Crippen molar-refractivity contribution in [3.05, 3.63) is 52.7 Å². The molecule has 0 bridgehead atoms. The number of piperazine rings is 1. The molecule has 0 amide bonds. The van der Waals surface area contributed by atoms with Crippen LogP contribution >= 0.6 is 11.3 Å². The first-order valence-corrected chi connectivity index (χ1v) is 10.5. The number of aromatic nitrogens is 2. The molecule has 1 fully saturated rings. The number of hydrogen-bond acceptors (Lipinski definition) is 7. The minimum atomic E-state index is 0.173. The van der Waals surface area contributed by atoms with Gasteiger partial charge in [-0.1, -0.05) is 12.1 Å². The van der Waals surface area contributed by atoms with Gasteiger partial charge in [0.25, 0.3) is 0 Å². The monoisotopic (exact) mass is 407 g/mol. The molecule has 4 rings (SSSR count). The summed E-state index contributed by atoms with van der Waals surface area (Å²) in [6.45, 7) is 9.82. The number of aliphatic hydroxyl groups is 1. The van der Waals surface area contributed by atoms with Crippen LogP contribution in [-0.2, 0) is 0 Å². The normalized spacial score (nSPS) is 16.1. The first-order valence-electron chi connectivity index (χ1n) is 9.69. The molecule has 0 aliphatic carbocycles. The lowest BCUT2D eigenvalue weighted by molar-refractivity contribution is 0.312. The van der Waals surface area contributed by atoms with E-state index in [-0.39, 0.29) is 5.76 Å². The molecule has 6 nitrogen and oxygen atoms in total. The Balaban J connectivity index is 1.70. The average molecular weight is 408 g/mol. The lowest BCUT2D eigenvalue weighted by Gasteiger charge is -2.33. The number of aryl methyl sites for hydroxylation is 1. The summed E-state index contributed by atoms with van der Waals surface area (Å²) in [5.41, 5.74) is 3.10. The van der Waals surface area contributed by atoms with Gasteiger partial charge in [-0.3, -0.25) is 4.99 Å². The van der Waals surface area contributed by atoms with Crippen LogP contribution in [0.15, 0.2) is 41.4 Å². The van der Waals surface area contributed by atoms with Gasteiger partial charge in [-0.25, -0.2) is 9.97 Å². The Hall–Kier alpha value is -2.77. The van der Waals surface area contributed by atoms with Crippen LogP contribution in [0, 0.1) is 6.92 Å². The lowest BCUT2D eigenvalue weighted by atomic mass is 10.1. The molecular weight excluding hydrogens is 382 g/mol. The summed E-state index contributed by atoms with van der Waals surface area (Å²) in [6.07, 6.45) is 0. The van der Waals surface area contributed by atoms with E-state index in [2.05, 4.69) is 33.5 Å². The van der Waals surface area contributed by atoms with Gasteiger partial charge >= 0.3 is 0 Å². The fourth-order valence-electron chi connectivity index (χ4n) is 3.53. The Morgan fingerprint density at radius 1 is 1.14 bits per heavy atom. The minimum absolute atomic E-state index is 0.173. The van der Waals surface area contributed by atoms with E-state index in [1.807, 2.05) is 43.3 Å². The van der Waals surface area contributed by atoms with Gasteiger partial charge in [0.15, 0.2) is 0 Å². The summed E-state index contributed by atoms with van der Waals surface area (Å²) in [5.74, 6) is 1.13. The molecule has 0 unspecified atom stereocenters. The van der Waals surface area contributed by atoms with Gasteiger partial charge in [0.05, 0.1) is 28.0 Å². The molecule has 2 aromatic heterocycles. The molecule has 29 heavy (non-hydrogen) atoms. The van der Waals surface area contributed by atoms with E-state index < -0.39 is 0 Å². The van der Waals surface area contributed by atoms with Crippen molar-refractivity contribution in [2.45, 2.75) is 6.92 Å². The van der Waals surface area contributed by atoms with Crippen molar-refractivity contribution in [3.8, 4) is 0 Å². The van der Waals surface area contributed by atoms with E-state index in [4.69, 9.17) is 4.98 Å². The largest absolute Gasteiger partial charge is 0.507 e. The summed E-state index contributed by atoms with van der Waals surface area (Å²) in [4.78, 5) is 18.1. The molecule has 1 aliphatic rings. The van der Waals surface area contributed by atoms with Gasteiger partial charge < -0.3 is 14.9 Å². The number of pyridine rings is 1. The Kier molecular flexibility index (Phi) is 5.60. The van der Waals surface area contributed by atoms with Crippen LogP contribution in [0.2, 0.25) is 0 Å². The second-order valence-electron chi connectivity index (χ2n) is 7.29. The maximum Gasteiger partial charge on any atom is 0.132 e. The number of rotatable bonds is 5. The summed E-state index contributed by atoms with van der Waals surface area (Å²) in [5, 5.41) is 11.9. The third kappa shape index (κ3) is 4.02. The summed E-state index contributed by atoms with van der Waals surface area (Å²) >= 11 is 1.55. The third-order valence-electron chi connectivity index (χ3n) is 5.26. The van der Waals surface area contributed by atoms with Crippen LogP contribution in [0.1, 0.15) is 16.3 Å². The highest BCUT2D eigenvalue weighted by molar-refractivity contribution is 7.19. The van der Waals surface area contributed by atoms with Crippen molar-refractivity contribution >= 4 is 45.4 Å². The van der Waals surface area contributed by atoms with Crippen LogP contribution in [0.3, 0.4) is 0 Å². The number of thiazole rings is 1. The van der Waals surface area contributed by atoms with E-state index in [0.29, 0.717) is 17.7 Å². The fourth-order valence-corrected chi connectivity index (χ4v) is 4.53. The molecule has 0 saturated carbocycles. The number of benzene rings is 1. The molecular formula is C22H25N5OS. The van der Waals surface area contributed by atoms with Gasteiger partial charge in [0.2, 0.25) is 0 Å². The molecule has 1 aliphatic heterocycles. The van der Waals surface area contributed by atoms with Crippen molar-refractivity contribution in [1.82, 2.24) is 14.9 Å². The zero-order valence-corrected chi connectivity index (χ0v) is 17.6. The van der Waals surface area contributed by atoms with E-state index in [9.17, 15) is 5.11 Å². The zero-order valence-electron chi connectivity index (χ0n) is 16.8. The van der Waals surface area contributed by atoms with E-state index in [1.54, 1.807) is 11.3 Å². The summed E-state index contributed by atoms with van der Waals surface area (Å²) in [7, 11) is 2.14. The van der Waals surface area contributed by atoms with Gasteiger partial charge in [-0.15, -0.1) is 11.3 Å². The number of fused-ring (bicyclic) bond motifs is 1. The topological polar surface area (TPSA) is 64.9 Å². The van der Waals surface area contributed by atoms with Crippen molar-refractivity contribution < 1.29 is 5.11 Å². The molecule has 3 aromatic rings. The van der Waals surface area contributed by atoms with Crippen LogP contribution in [-0.4, -0.2) is 66.5 Å². The second kappa shape index (κ2) is 8.31. The molecule has 0 radical (unpaired) electrons. The first-order chi connectivity index (χ1) is 14.1. The molecule has 1 saturated heterocycles. The molecule has 1 N–H and O–H groups in total. The lowest BCUT2D eigenvalue weighted by Crippen LogP contribution is -2.44. The summed E-state index contributed by atoms with van der Waals surface area (Å²) in [6, 6.07) is 11.9. The van der Waals surface area contributed by atoms with Gasteiger partial charge in [0.1, 0.15) is 16.6 Å². The van der Waals surface area contributed by atoms with Crippen molar-refractivity contribution in [3.63, 3.8) is 0 Å². The third-order valence-corrected chi connectivity index (χ3v) is 6.36. The minimum Gasteiger partial charge on any atom is -0.507 e. The Morgan fingerprint density at radius 3 is 2.59 bits per heavy atom. The van der Waals surface area contributed by atoms with Gasteiger partial charge in [0, 0.05) is 31.7 Å². The highest BCUT2D eigenvalue weighted by Crippen LogP contribution is 2.32. The Morgan fingerprint density at radius 2 is 1.90 bits per heavy atom. The quantitative estimate of drug-likeness (QED) is 0.514. The van der Waals surface area contributed by atoms with Crippen LogP contribution in [0.5, 0.6) is 0 Å². The first kappa shape index (κ1) is 19.5. The van der Waals surface area contributed by atoms with Crippen molar-refractivity contribution in [2.75, 3.05) is 44.7 Å². The van der Waals surface area contributed by atoms with E-state index in [1.165, 1.54) is 0 Å². The number of aliphatic hydroxyl groups excluding tert-OH is 1. The molecule has 0 spiro atoms. The highest BCUT2D eigenvalue weighted by atomic mass is 32.1. The average Bonchev–Trinajstić information content (AvgIpc) is 3.16. The summed E-state index contributed by atoms with van der Waals surface area (Å²) < 4.78 is 1.08. The Bertz CT molecular complexity index is 1030. The number of para-hydroxylation sites is 1. The van der Waals surface area contributed by atoms with Gasteiger partial charge in [-0.2, -0.15) is 0 Å². The second-order valence-corrected chi connectivity index (χ2v) is 8.32. The molecule has 0 atom stereocenters. The van der Waals surface area contributed by atoms with Crippen molar-refractivity contribution in [2.24, 2.45) is 4.99 Å². The number of aliphatic imine (C=N–C) groups is 1. The molecule has 150 valence electrons. The maximum atomic E-state index is 11.1. The van der Waals surface area contributed by atoms with Crippen LogP contribution < -0.4 is 4.90 Å². The number of hydrogen-bond donors (Lipinski definition) is 1. The maximum absolute atomic E-state index is 11.1. The standard InChI is InChI=1S/C22H25N5OS/c1-15-16(8-9-20(24-15)27-12-10-26(3)11-13-27)21(28)17(14-23-2)22-25-18-6-4-5-7-19(18)29-22/h4-9,28H,2,10-14H2,1,3H3. The SMILES string of the molecule is C=NCC(=C(O)c1ccc(N2CCN(C)CC2)nc1C)c1nc2ccccc2s1. The molecule has 7 heteroatoms.